The van der Waals surface area contributed by atoms with Crippen molar-refractivity contribution in [3.63, 3.8) is 0 Å². The molecule has 0 radical (unpaired) electrons. The Hall–Kier alpha value is -0.570. The van der Waals surface area contributed by atoms with Crippen LogP contribution in [-0.2, 0) is 4.79 Å². The first-order valence-electron chi connectivity index (χ1n) is 7.48. The van der Waals surface area contributed by atoms with Crippen molar-refractivity contribution in [2.24, 2.45) is 23.0 Å². The summed E-state index contributed by atoms with van der Waals surface area (Å²) in [6.07, 6.45) is 5.83. The number of amides is 1. The molecule has 1 saturated carbocycles. The molecule has 0 aromatic carbocycles. The summed E-state index contributed by atoms with van der Waals surface area (Å²) in [5.74, 6) is 1.15. The average Bonchev–Trinajstić information content (AvgIpc) is 2.69. The van der Waals surface area contributed by atoms with Crippen molar-refractivity contribution >= 4 is 5.91 Å². The molecule has 2 aliphatic rings. The van der Waals surface area contributed by atoms with E-state index in [1.807, 2.05) is 0 Å². The standard InChI is InChI=1S/C15H28N2O/c1-11-7-9-17(13(11)10-16)14(18)12-6-4-5-8-15(12,2)3/h11-13H,4-10,16H2,1-3H3. The smallest absolute Gasteiger partial charge is 0.226 e. The van der Waals surface area contributed by atoms with E-state index in [1.54, 1.807) is 0 Å². The number of hydrogen-bond donors (Lipinski definition) is 1. The Balaban J connectivity index is 2.11. The zero-order valence-corrected chi connectivity index (χ0v) is 12.1. The van der Waals surface area contributed by atoms with Crippen LogP contribution in [0.15, 0.2) is 0 Å². The maximum absolute atomic E-state index is 12.8. The van der Waals surface area contributed by atoms with E-state index < -0.39 is 0 Å². The number of likely N-dealkylation sites (tertiary alicyclic amines) is 1. The number of rotatable bonds is 2. The molecular weight excluding hydrogens is 224 g/mol. The lowest BCUT2D eigenvalue weighted by atomic mass is 9.68. The van der Waals surface area contributed by atoms with Gasteiger partial charge >= 0.3 is 0 Å². The molecule has 2 rings (SSSR count). The van der Waals surface area contributed by atoms with Gasteiger partial charge in [-0.15, -0.1) is 0 Å². The molecule has 1 amide bonds. The third kappa shape index (κ3) is 2.42. The summed E-state index contributed by atoms with van der Waals surface area (Å²) < 4.78 is 0. The Morgan fingerprint density at radius 1 is 1.33 bits per heavy atom. The summed E-state index contributed by atoms with van der Waals surface area (Å²) in [4.78, 5) is 14.9. The molecule has 104 valence electrons. The van der Waals surface area contributed by atoms with Crippen LogP contribution in [0.2, 0.25) is 0 Å². The third-order valence-corrected chi connectivity index (χ3v) is 5.21. The number of hydrogen-bond acceptors (Lipinski definition) is 2. The number of carbonyl (C=O) groups is 1. The Morgan fingerprint density at radius 2 is 2.06 bits per heavy atom. The van der Waals surface area contributed by atoms with E-state index in [4.69, 9.17) is 5.73 Å². The lowest BCUT2D eigenvalue weighted by Crippen LogP contribution is -2.48. The molecule has 3 atom stereocenters. The normalized spacial score (nSPS) is 35.8. The molecule has 1 saturated heterocycles. The zero-order valence-electron chi connectivity index (χ0n) is 12.1. The van der Waals surface area contributed by atoms with Gasteiger partial charge in [-0.2, -0.15) is 0 Å². The molecule has 2 fully saturated rings. The largest absolute Gasteiger partial charge is 0.338 e. The Bertz CT molecular complexity index is 314. The summed E-state index contributed by atoms with van der Waals surface area (Å²) in [5, 5.41) is 0. The summed E-state index contributed by atoms with van der Waals surface area (Å²) in [6.45, 7) is 8.25. The minimum atomic E-state index is 0.167. The van der Waals surface area contributed by atoms with Gasteiger partial charge in [-0.25, -0.2) is 0 Å². The highest BCUT2D eigenvalue weighted by molar-refractivity contribution is 5.80. The van der Waals surface area contributed by atoms with Crippen LogP contribution in [0.25, 0.3) is 0 Å². The highest BCUT2D eigenvalue weighted by Gasteiger charge is 2.43. The second-order valence-electron chi connectivity index (χ2n) is 6.89. The zero-order chi connectivity index (χ0) is 13.3. The summed E-state index contributed by atoms with van der Waals surface area (Å²) in [5.41, 5.74) is 6.02. The number of nitrogens with two attached hydrogens (primary N) is 1. The maximum atomic E-state index is 12.8. The van der Waals surface area contributed by atoms with Gasteiger partial charge in [-0.3, -0.25) is 4.79 Å². The minimum Gasteiger partial charge on any atom is -0.338 e. The predicted octanol–water partition coefficient (Wildman–Crippen LogP) is 2.40. The van der Waals surface area contributed by atoms with Crippen molar-refractivity contribution in [1.82, 2.24) is 4.90 Å². The maximum Gasteiger partial charge on any atom is 0.226 e. The number of nitrogens with zero attached hydrogens (tertiary/aromatic N) is 1. The van der Waals surface area contributed by atoms with Crippen molar-refractivity contribution in [2.45, 2.75) is 58.9 Å². The quantitative estimate of drug-likeness (QED) is 0.820. The van der Waals surface area contributed by atoms with Gasteiger partial charge < -0.3 is 10.6 Å². The van der Waals surface area contributed by atoms with Crippen LogP contribution in [0, 0.1) is 17.3 Å². The fourth-order valence-corrected chi connectivity index (χ4v) is 3.79. The van der Waals surface area contributed by atoms with Crippen molar-refractivity contribution < 1.29 is 4.79 Å². The van der Waals surface area contributed by atoms with Crippen LogP contribution in [0.4, 0.5) is 0 Å². The Labute approximate surface area is 111 Å². The molecule has 0 aromatic heterocycles. The second kappa shape index (κ2) is 5.20. The molecule has 1 heterocycles. The van der Waals surface area contributed by atoms with Crippen LogP contribution in [0.1, 0.15) is 52.9 Å². The third-order valence-electron chi connectivity index (χ3n) is 5.21. The van der Waals surface area contributed by atoms with Gasteiger partial charge in [-0.1, -0.05) is 33.6 Å². The first kappa shape index (κ1) is 13.9. The van der Waals surface area contributed by atoms with Gasteiger partial charge in [0.15, 0.2) is 0 Å². The van der Waals surface area contributed by atoms with Gasteiger partial charge in [0.2, 0.25) is 5.91 Å². The summed E-state index contributed by atoms with van der Waals surface area (Å²) >= 11 is 0. The molecule has 0 aromatic rings. The van der Waals surface area contributed by atoms with Crippen LogP contribution >= 0.6 is 0 Å². The van der Waals surface area contributed by atoms with Gasteiger partial charge in [0.1, 0.15) is 0 Å². The topological polar surface area (TPSA) is 46.3 Å². The molecule has 0 spiro atoms. The van der Waals surface area contributed by atoms with E-state index in [1.165, 1.54) is 19.3 Å². The van der Waals surface area contributed by atoms with E-state index >= 15 is 0 Å². The SMILES string of the molecule is CC1CCN(C(=O)C2CCCCC2(C)C)C1CN. The molecule has 3 heteroatoms. The Morgan fingerprint density at radius 3 is 2.67 bits per heavy atom. The Kier molecular flexibility index (Phi) is 4.00. The molecule has 1 aliphatic heterocycles. The minimum absolute atomic E-state index is 0.167. The van der Waals surface area contributed by atoms with E-state index in [2.05, 4.69) is 25.7 Å². The fraction of sp³-hybridized carbons (Fsp3) is 0.933. The van der Waals surface area contributed by atoms with Crippen molar-refractivity contribution in [1.29, 1.82) is 0 Å². The van der Waals surface area contributed by atoms with Crippen molar-refractivity contribution in [3.05, 3.63) is 0 Å². The van der Waals surface area contributed by atoms with E-state index in [0.717, 1.165) is 19.4 Å². The number of carbonyl (C=O) groups excluding carboxylic acids is 1. The summed E-state index contributed by atoms with van der Waals surface area (Å²) in [7, 11) is 0. The molecule has 3 nitrogen and oxygen atoms in total. The average molecular weight is 252 g/mol. The van der Waals surface area contributed by atoms with Crippen LogP contribution in [0.5, 0.6) is 0 Å². The monoisotopic (exact) mass is 252 g/mol. The molecule has 3 unspecified atom stereocenters. The van der Waals surface area contributed by atoms with Gasteiger partial charge in [0, 0.05) is 25.0 Å². The van der Waals surface area contributed by atoms with E-state index in [9.17, 15) is 4.79 Å². The first-order valence-corrected chi connectivity index (χ1v) is 7.48. The summed E-state index contributed by atoms with van der Waals surface area (Å²) in [6, 6.07) is 0.273. The molecule has 18 heavy (non-hydrogen) atoms. The van der Waals surface area contributed by atoms with Gasteiger partial charge in [-0.05, 0) is 30.6 Å². The molecular formula is C15H28N2O. The van der Waals surface area contributed by atoms with E-state index in [-0.39, 0.29) is 17.4 Å². The molecule has 1 aliphatic carbocycles. The van der Waals surface area contributed by atoms with Crippen LogP contribution in [0.3, 0.4) is 0 Å². The first-order chi connectivity index (χ1) is 8.47. The second-order valence-corrected chi connectivity index (χ2v) is 6.89. The van der Waals surface area contributed by atoms with Crippen LogP contribution < -0.4 is 5.73 Å². The highest BCUT2D eigenvalue weighted by atomic mass is 16.2. The predicted molar refractivity (Wildman–Crippen MR) is 74.1 cm³/mol. The lowest BCUT2D eigenvalue weighted by Gasteiger charge is -2.41. The van der Waals surface area contributed by atoms with Gasteiger partial charge in [0.05, 0.1) is 0 Å². The van der Waals surface area contributed by atoms with Crippen molar-refractivity contribution in [2.75, 3.05) is 13.1 Å². The highest BCUT2D eigenvalue weighted by Crippen LogP contribution is 2.42. The lowest BCUT2D eigenvalue weighted by molar-refractivity contribution is -0.142. The van der Waals surface area contributed by atoms with Crippen LogP contribution in [-0.4, -0.2) is 29.9 Å². The van der Waals surface area contributed by atoms with E-state index in [0.29, 0.717) is 18.4 Å². The molecule has 2 N–H and O–H groups in total. The van der Waals surface area contributed by atoms with Crippen molar-refractivity contribution in [3.8, 4) is 0 Å². The molecule has 0 bridgehead atoms. The fourth-order valence-electron chi connectivity index (χ4n) is 3.79. The van der Waals surface area contributed by atoms with Gasteiger partial charge in [0.25, 0.3) is 0 Å².